The summed E-state index contributed by atoms with van der Waals surface area (Å²) < 4.78 is 26.5. The number of hydrogen-bond acceptors (Lipinski definition) is 2. The Hall–Kier alpha value is -0.840. The highest BCUT2D eigenvalue weighted by Gasteiger charge is 2.28. The van der Waals surface area contributed by atoms with Crippen molar-refractivity contribution in [1.29, 1.82) is 0 Å². The van der Waals surface area contributed by atoms with E-state index < -0.39 is 10.0 Å². The van der Waals surface area contributed by atoms with Crippen molar-refractivity contribution in [2.75, 3.05) is 13.1 Å². The first kappa shape index (κ1) is 14.1. The Morgan fingerprint density at radius 2 is 1.70 bits per heavy atom. The molecule has 0 amide bonds. The highest BCUT2D eigenvalue weighted by atomic mass is 35.5. The van der Waals surface area contributed by atoms with Gasteiger partial charge in [-0.15, -0.1) is 0 Å². The Bertz CT molecular complexity index is 636. The average Bonchev–Trinajstić information content (AvgIpc) is 3.23. The maximum Gasteiger partial charge on any atom is 0.218 e. The van der Waals surface area contributed by atoms with Crippen LogP contribution in [-0.4, -0.2) is 25.8 Å². The van der Waals surface area contributed by atoms with Crippen molar-refractivity contribution in [2.24, 2.45) is 0 Å². The quantitative estimate of drug-likeness (QED) is 0.803. The van der Waals surface area contributed by atoms with Gasteiger partial charge in [-0.05, 0) is 43.4 Å². The highest BCUT2D eigenvalue weighted by molar-refractivity contribution is 7.88. The number of rotatable bonds is 3. The number of halogens is 1. The lowest BCUT2D eigenvalue weighted by atomic mass is 10.1. The van der Waals surface area contributed by atoms with Gasteiger partial charge in [-0.1, -0.05) is 34.9 Å². The second-order valence-corrected chi connectivity index (χ2v) is 7.90. The van der Waals surface area contributed by atoms with Crippen LogP contribution < -0.4 is 0 Å². The largest absolute Gasteiger partial charge is 0.218 e. The minimum Gasteiger partial charge on any atom is -0.212 e. The number of hydrogen-bond donors (Lipinski definition) is 0. The predicted molar refractivity (Wildman–Crippen MR) is 81.1 cm³/mol. The SMILES string of the molecule is O=S(=O)(Cc1cccc(Cl)c1)N1CCC(=C2CC2)CC1. The lowest BCUT2D eigenvalue weighted by molar-refractivity contribution is 0.385. The molecule has 0 N–H and O–H groups in total. The van der Waals surface area contributed by atoms with Gasteiger partial charge in [0.25, 0.3) is 0 Å². The molecule has 2 fully saturated rings. The lowest BCUT2D eigenvalue weighted by Gasteiger charge is -2.27. The van der Waals surface area contributed by atoms with Crippen LogP contribution in [0, 0.1) is 0 Å². The fourth-order valence-corrected chi connectivity index (χ4v) is 4.47. The molecule has 0 unspecified atom stereocenters. The second-order valence-electron chi connectivity index (χ2n) is 5.49. The average molecular weight is 312 g/mol. The normalized spacial score (nSPS) is 20.2. The molecule has 1 aliphatic heterocycles. The molecular weight excluding hydrogens is 294 g/mol. The van der Waals surface area contributed by atoms with Crippen LogP contribution in [0.2, 0.25) is 5.02 Å². The summed E-state index contributed by atoms with van der Waals surface area (Å²) in [7, 11) is -3.23. The van der Waals surface area contributed by atoms with Crippen molar-refractivity contribution >= 4 is 21.6 Å². The summed E-state index contributed by atoms with van der Waals surface area (Å²) in [5, 5.41) is 0.581. The van der Waals surface area contributed by atoms with E-state index in [9.17, 15) is 8.42 Å². The molecule has 1 aliphatic carbocycles. The Morgan fingerprint density at radius 3 is 2.30 bits per heavy atom. The van der Waals surface area contributed by atoms with Crippen molar-refractivity contribution in [1.82, 2.24) is 4.31 Å². The van der Waals surface area contributed by atoms with Gasteiger partial charge in [0.05, 0.1) is 5.75 Å². The zero-order valence-corrected chi connectivity index (χ0v) is 12.9. The predicted octanol–water partition coefficient (Wildman–Crippen LogP) is 3.36. The van der Waals surface area contributed by atoms with Crippen LogP contribution in [0.5, 0.6) is 0 Å². The maximum absolute atomic E-state index is 12.4. The first-order valence-electron chi connectivity index (χ1n) is 6.97. The Kier molecular flexibility index (Phi) is 3.89. The summed E-state index contributed by atoms with van der Waals surface area (Å²) in [6.07, 6.45) is 4.27. The molecule has 20 heavy (non-hydrogen) atoms. The number of nitrogens with zero attached hydrogens (tertiary/aromatic N) is 1. The molecule has 0 aromatic heterocycles. The summed E-state index contributed by atoms with van der Waals surface area (Å²) in [6, 6.07) is 7.08. The highest BCUT2D eigenvalue weighted by Crippen LogP contribution is 2.36. The zero-order chi connectivity index (χ0) is 14.2. The van der Waals surface area contributed by atoms with Gasteiger partial charge in [0, 0.05) is 18.1 Å². The number of piperidine rings is 1. The van der Waals surface area contributed by atoms with Crippen LogP contribution in [0.15, 0.2) is 35.4 Å². The van der Waals surface area contributed by atoms with E-state index >= 15 is 0 Å². The molecule has 0 atom stereocenters. The first-order valence-corrected chi connectivity index (χ1v) is 8.95. The standard InChI is InChI=1S/C15H18ClNO2S/c16-15-3-1-2-12(10-15)11-20(18,19)17-8-6-14(7-9-17)13-4-5-13/h1-3,10H,4-9,11H2. The van der Waals surface area contributed by atoms with Crippen molar-refractivity contribution in [3.05, 3.63) is 46.0 Å². The summed E-state index contributed by atoms with van der Waals surface area (Å²) >= 11 is 5.91. The summed E-state index contributed by atoms with van der Waals surface area (Å²) in [4.78, 5) is 0. The smallest absolute Gasteiger partial charge is 0.212 e. The molecule has 0 radical (unpaired) electrons. The first-order chi connectivity index (χ1) is 9.54. The van der Waals surface area contributed by atoms with E-state index in [1.165, 1.54) is 18.4 Å². The van der Waals surface area contributed by atoms with E-state index in [1.807, 2.05) is 6.07 Å². The van der Waals surface area contributed by atoms with Gasteiger partial charge in [-0.3, -0.25) is 0 Å². The molecule has 3 rings (SSSR count). The maximum atomic E-state index is 12.4. The molecule has 3 nitrogen and oxygen atoms in total. The van der Waals surface area contributed by atoms with E-state index in [1.54, 1.807) is 28.1 Å². The minimum absolute atomic E-state index is 0.0411. The van der Waals surface area contributed by atoms with Gasteiger partial charge in [-0.2, -0.15) is 0 Å². The Labute approximate surface area is 125 Å². The van der Waals surface area contributed by atoms with Crippen LogP contribution in [0.3, 0.4) is 0 Å². The third-order valence-electron chi connectivity index (χ3n) is 3.96. The van der Waals surface area contributed by atoms with Gasteiger partial charge < -0.3 is 0 Å². The fraction of sp³-hybridized carbons (Fsp3) is 0.467. The van der Waals surface area contributed by atoms with Crippen molar-refractivity contribution in [2.45, 2.75) is 31.4 Å². The van der Waals surface area contributed by atoms with Gasteiger partial charge in [0.15, 0.2) is 0 Å². The van der Waals surface area contributed by atoms with Gasteiger partial charge in [0.2, 0.25) is 10.0 Å². The molecule has 2 aliphatic rings. The van der Waals surface area contributed by atoms with Crippen LogP contribution in [0.25, 0.3) is 0 Å². The van der Waals surface area contributed by atoms with Crippen molar-refractivity contribution in [3.63, 3.8) is 0 Å². The van der Waals surface area contributed by atoms with Crippen LogP contribution in [0.4, 0.5) is 0 Å². The summed E-state index contributed by atoms with van der Waals surface area (Å²) in [6.45, 7) is 1.25. The molecule has 1 saturated carbocycles. The van der Waals surface area contributed by atoms with E-state index in [0.29, 0.717) is 18.1 Å². The molecule has 1 aromatic carbocycles. The van der Waals surface area contributed by atoms with Crippen molar-refractivity contribution in [3.8, 4) is 0 Å². The third kappa shape index (κ3) is 3.25. The van der Waals surface area contributed by atoms with E-state index in [2.05, 4.69) is 0 Å². The molecule has 0 bridgehead atoms. The zero-order valence-electron chi connectivity index (χ0n) is 11.3. The molecule has 1 saturated heterocycles. The van der Waals surface area contributed by atoms with Gasteiger partial charge >= 0.3 is 0 Å². The van der Waals surface area contributed by atoms with E-state index in [4.69, 9.17) is 11.6 Å². The molecule has 1 heterocycles. The van der Waals surface area contributed by atoms with Crippen LogP contribution >= 0.6 is 11.6 Å². The van der Waals surface area contributed by atoms with Gasteiger partial charge in [-0.25, -0.2) is 12.7 Å². The molecule has 1 aromatic rings. The Morgan fingerprint density at radius 1 is 1.05 bits per heavy atom. The Balaban J connectivity index is 1.68. The monoisotopic (exact) mass is 311 g/mol. The number of benzene rings is 1. The van der Waals surface area contributed by atoms with Gasteiger partial charge in [0.1, 0.15) is 0 Å². The van der Waals surface area contributed by atoms with Crippen LogP contribution in [-0.2, 0) is 15.8 Å². The second kappa shape index (κ2) is 5.51. The molecule has 108 valence electrons. The van der Waals surface area contributed by atoms with E-state index in [-0.39, 0.29) is 5.75 Å². The van der Waals surface area contributed by atoms with Crippen molar-refractivity contribution < 1.29 is 8.42 Å². The fourth-order valence-electron chi connectivity index (χ4n) is 2.73. The number of sulfonamides is 1. The lowest BCUT2D eigenvalue weighted by Crippen LogP contribution is -2.37. The topological polar surface area (TPSA) is 37.4 Å². The third-order valence-corrected chi connectivity index (χ3v) is 6.04. The minimum atomic E-state index is -3.23. The summed E-state index contributed by atoms with van der Waals surface area (Å²) in [5.74, 6) is 0.0411. The van der Waals surface area contributed by atoms with E-state index in [0.717, 1.165) is 18.4 Å². The molecule has 0 spiro atoms. The van der Waals surface area contributed by atoms with Crippen LogP contribution in [0.1, 0.15) is 31.2 Å². The summed E-state index contributed by atoms with van der Waals surface area (Å²) in [5.41, 5.74) is 3.82. The molecular formula is C15H18ClNO2S. The molecule has 5 heteroatoms. The number of allylic oxidation sites excluding steroid dienone is 1.